The minimum Gasteiger partial charge on any atom is -0.298 e. The fourth-order valence-electron chi connectivity index (χ4n) is 0.863. The van der Waals surface area contributed by atoms with Crippen molar-refractivity contribution in [2.24, 2.45) is 0 Å². The highest BCUT2D eigenvalue weighted by Gasteiger charge is 2.17. The van der Waals surface area contributed by atoms with E-state index in [1.54, 1.807) is 0 Å². The van der Waals surface area contributed by atoms with Gasteiger partial charge in [0.1, 0.15) is 5.82 Å². The number of hydrogen-bond acceptors (Lipinski definition) is 1. The van der Waals surface area contributed by atoms with E-state index in [0.717, 1.165) is 6.07 Å². The number of rotatable bonds is 2. The fraction of sp³-hybridized carbons (Fsp3) is 0.125. The van der Waals surface area contributed by atoms with Crippen molar-refractivity contribution in [1.82, 2.24) is 0 Å². The lowest BCUT2D eigenvalue weighted by Gasteiger charge is -2.04. The van der Waals surface area contributed by atoms with Crippen LogP contribution in [0.2, 0.25) is 0 Å². The monoisotopic (exact) mass is 252 g/mol. The van der Waals surface area contributed by atoms with E-state index in [2.05, 4.69) is 15.9 Å². The predicted octanol–water partition coefficient (Wildman–Crippen LogP) is 3.34. The first kappa shape index (κ1) is 10.2. The Bertz CT molecular complexity index is 338. The van der Waals surface area contributed by atoms with Crippen LogP contribution in [0.25, 0.3) is 0 Å². The number of aldehydes is 1. The predicted molar refractivity (Wildman–Crippen MR) is 44.4 cm³/mol. The largest absolute Gasteiger partial charge is 0.298 e. The maximum Gasteiger partial charge on any atom is 0.266 e. The van der Waals surface area contributed by atoms with Crippen molar-refractivity contribution in [3.63, 3.8) is 0 Å². The van der Waals surface area contributed by atoms with Crippen LogP contribution in [0.1, 0.15) is 22.3 Å². The topological polar surface area (TPSA) is 17.1 Å². The van der Waals surface area contributed by atoms with Gasteiger partial charge in [-0.1, -0.05) is 0 Å². The van der Waals surface area contributed by atoms with Gasteiger partial charge in [-0.25, -0.2) is 13.2 Å². The van der Waals surface area contributed by atoms with E-state index < -0.39 is 17.8 Å². The third-order valence-electron chi connectivity index (χ3n) is 1.51. The molecule has 0 aliphatic heterocycles. The summed E-state index contributed by atoms with van der Waals surface area (Å²) in [6.45, 7) is 0. The Hall–Kier alpha value is -0.840. The van der Waals surface area contributed by atoms with Crippen LogP contribution in [-0.4, -0.2) is 6.29 Å². The molecule has 0 aliphatic carbocycles. The smallest absolute Gasteiger partial charge is 0.266 e. The lowest BCUT2D eigenvalue weighted by molar-refractivity contribution is 0.111. The third kappa shape index (κ3) is 1.91. The van der Waals surface area contributed by atoms with Crippen LogP contribution in [0.3, 0.4) is 0 Å². The number of carbonyl (C=O) groups excluding carboxylic acids is 1. The first-order valence-corrected chi connectivity index (χ1v) is 4.08. The molecule has 5 heteroatoms. The molecule has 1 rings (SSSR count). The van der Waals surface area contributed by atoms with Crippen LogP contribution in [-0.2, 0) is 0 Å². The molecule has 0 saturated carbocycles. The number of halogens is 4. The summed E-state index contributed by atoms with van der Waals surface area (Å²) in [5.74, 6) is -1.17. The molecular weight excluding hydrogens is 249 g/mol. The first-order chi connectivity index (χ1) is 6.07. The Labute approximate surface area is 80.7 Å². The maximum atomic E-state index is 13.0. The highest BCUT2D eigenvalue weighted by atomic mass is 79.9. The molecule has 1 aromatic carbocycles. The number of benzene rings is 1. The lowest BCUT2D eigenvalue weighted by Crippen LogP contribution is -1.97. The van der Waals surface area contributed by atoms with E-state index in [4.69, 9.17) is 0 Å². The highest BCUT2D eigenvalue weighted by molar-refractivity contribution is 9.10. The van der Waals surface area contributed by atoms with Gasteiger partial charge in [0, 0.05) is 4.47 Å². The average Bonchev–Trinajstić information content (AvgIpc) is 2.04. The van der Waals surface area contributed by atoms with Crippen molar-refractivity contribution in [2.75, 3.05) is 0 Å². The van der Waals surface area contributed by atoms with Crippen molar-refractivity contribution in [3.05, 3.63) is 33.5 Å². The van der Waals surface area contributed by atoms with E-state index in [0.29, 0.717) is 0 Å². The second-order valence-electron chi connectivity index (χ2n) is 2.28. The zero-order valence-electron chi connectivity index (χ0n) is 6.23. The second kappa shape index (κ2) is 3.91. The van der Waals surface area contributed by atoms with Crippen LogP contribution in [0, 0.1) is 5.82 Å². The highest BCUT2D eigenvalue weighted by Crippen LogP contribution is 2.27. The molecule has 0 unspecified atom stereocenters. The molecule has 0 atom stereocenters. The number of alkyl halides is 2. The summed E-state index contributed by atoms with van der Waals surface area (Å²) >= 11 is 2.87. The van der Waals surface area contributed by atoms with Crippen molar-refractivity contribution < 1.29 is 18.0 Å². The Morgan fingerprint density at radius 2 is 2.00 bits per heavy atom. The molecule has 0 saturated heterocycles. The van der Waals surface area contributed by atoms with E-state index in [9.17, 15) is 18.0 Å². The number of carbonyl (C=O) groups is 1. The second-order valence-corrected chi connectivity index (χ2v) is 3.14. The van der Waals surface area contributed by atoms with Crippen LogP contribution in [0.15, 0.2) is 16.6 Å². The fourth-order valence-corrected chi connectivity index (χ4v) is 1.26. The van der Waals surface area contributed by atoms with Crippen LogP contribution in [0.5, 0.6) is 0 Å². The standard InChI is InChI=1S/C8H4BrF3O/c9-6-2-1-4(8(11)12)7(10)5(6)3-13/h1-3,8H. The summed E-state index contributed by atoms with van der Waals surface area (Å²) in [4.78, 5) is 10.3. The molecule has 13 heavy (non-hydrogen) atoms. The lowest BCUT2D eigenvalue weighted by atomic mass is 10.1. The molecule has 0 aliphatic rings. The van der Waals surface area contributed by atoms with Gasteiger partial charge in [0.2, 0.25) is 0 Å². The van der Waals surface area contributed by atoms with Gasteiger partial charge in [0.05, 0.1) is 11.1 Å². The van der Waals surface area contributed by atoms with Gasteiger partial charge in [0.25, 0.3) is 6.43 Å². The summed E-state index contributed by atoms with van der Waals surface area (Å²) in [6.07, 6.45) is -2.71. The summed E-state index contributed by atoms with van der Waals surface area (Å²) in [5, 5.41) is 0. The summed E-state index contributed by atoms with van der Waals surface area (Å²) in [5.41, 5.74) is -1.14. The average molecular weight is 253 g/mol. The summed E-state index contributed by atoms with van der Waals surface area (Å²) in [6, 6.07) is 2.16. The van der Waals surface area contributed by atoms with Gasteiger partial charge in [-0.15, -0.1) is 0 Å². The Morgan fingerprint density at radius 3 is 2.46 bits per heavy atom. The van der Waals surface area contributed by atoms with Gasteiger partial charge in [-0.05, 0) is 28.1 Å². The first-order valence-electron chi connectivity index (χ1n) is 3.29. The van der Waals surface area contributed by atoms with Gasteiger partial charge in [0.15, 0.2) is 6.29 Å². The molecule has 1 nitrogen and oxygen atoms in total. The van der Waals surface area contributed by atoms with Gasteiger partial charge in [-0.2, -0.15) is 0 Å². The molecule has 0 spiro atoms. The molecule has 1 aromatic rings. The van der Waals surface area contributed by atoms with Crippen molar-refractivity contribution in [3.8, 4) is 0 Å². The molecular formula is C8H4BrF3O. The Kier molecular flexibility index (Phi) is 3.08. The Morgan fingerprint density at radius 1 is 1.38 bits per heavy atom. The van der Waals surface area contributed by atoms with Gasteiger partial charge in [-0.3, -0.25) is 4.79 Å². The van der Waals surface area contributed by atoms with Crippen molar-refractivity contribution in [2.45, 2.75) is 6.43 Å². The molecule has 0 heterocycles. The van der Waals surface area contributed by atoms with Crippen LogP contribution < -0.4 is 0 Å². The molecule has 0 amide bonds. The molecule has 0 radical (unpaired) electrons. The molecule has 0 aromatic heterocycles. The minimum absolute atomic E-state index is 0.171. The van der Waals surface area contributed by atoms with E-state index in [-0.39, 0.29) is 16.3 Å². The summed E-state index contributed by atoms with van der Waals surface area (Å²) in [7, 11) is 0. The van der Waals surface area contributed by atoms with E-state index in [1.807, 2.05) is 0 Å². The summed E-state index contributed by atoms with van der Waals surface area (Å²) < 4.78 is 37.4. The maximum absolute atomic E-state index is 13.0. The van der Waals surface area contributed by atoms with E-state index in [1.165, 1.54) is 6.07 Å². The quantitative estimate of drug-likeness (QED) is 0.738. The molecule has 70 valence electrons. The third-order valence-corrected chi connectivity index (χ3v) is 2.20. The minimum atomic E-state index is -2.91. The Balaban J connectivity index is 3.35. The zero-order valence-corrected chi connectivity index (χ0v) is 7.82. The molecule has 0 fully saturated rings. The van der Waals surface area contributed by atoms with Gasteiger partial charge >= 0.3 is 0 Å². The van der Waals surface area contributed by atoms with E-state index >= 15 is 0 Å². The molecule has 0 bridgehead atoms. The van der Waals surface area contributed by atoms with Gasteiger partial charge < -0.3 is 0 Å². The molecule has 0 N–H and O–H groups in total. The SMILES string of the molecule is O=Cc1c(Br)ccc(C(F)F)c1F. The van der Waals surface area contributed by atoms with Crippen LogP contribution >= 0.6 is 15.9 Å². The van der Waals surface area contributed by atoms with Crippen LogP contribution in [0.4, 0.5) is 13.2 Å². The van der Waals surface area contributed by atoms with Crippen molar-refractivity contribution in [1.29, 1.82) is 0 Å². The zero-order chi connectivity index (χ0) is 10.0. The van der Waals surface area contributed by atoms with Crippen molar-refractivity contribution >= 4 is 22.2 Å². The normalized spacial score (nSPS) is 10.5. The number of hydrogen-bond donors (Lipinski definition) is 0.